The minimum atomic E-state index is -0.372. The van der Waals surface area contributed by atoms with Gasteiger partial charge in [-0.3, -0.25) is 0 Å². The zero-order valence-electron chi connectivity index (χ0n) is 11.0. The van der Waals surface area contributed by atoms with E-state index in [9.17, 15) is 4.79 Å². The van der Waals surface area contributed by atoms with E-state index in [4.69, 9.17) is 10.5 Å². The van der Waals surface area contributed by atoms with Crippen molar-refractivity contribution in [3.63, 3.8) is 0 Å². The van der Waals surface area contributed by atoms with E-state index in [1.165, 1.54) is 7.11 Å². The standard InChI is InChI=1S/C13H20N2O3/c1-9(14)7-15-8-11-5-4-10(13(16)18-3)6-12(11)17-2/h4-6,9,15H,7-8,14H2,1-3H3. The Bertz CT molecular complexity index is 405. The van der Waals surface area contributed by atoms with E-state index in [1.807, 2.05) is 13.0 Å². The second kappa shape index (κ2) is 6.98. The molecule has 0 aliphatic heterocycles. The number of nitrogens with two attached hydrogens (primary N) is 1. The molecular formula is C13H20N2O3. The maximum absolute atomic E-state index is 11.4. The Morgan fingerprint density at radius 3 is 2.72 bits per heavy atom. The highest BCUT2D eigenvalue weighted by Crippen LogP contribution is 2.20. The van der Waals surface area contributed by atoms with E-state index in [1.54, 1.807) is 19.2 Å². The van der Waals surface area contributed by atoms with Crippen molar-refractivity contribution in [3.8, 4) is 5.75 Å². The second-order valence-corrected chi connectivity index (χ2v) is 4.13. The molecule has 0 saturated carbocycles. The van der Waals surface area contributed by atoms with Crippen molar-refractivity contribution in [1.29, 1.82) is 0 Å². The molecule has 100 valence electrons. The molecule has 0 saturated heterocycles. The van der Waals surface area contributed by atoms with Crippen LogP contribution >= 0.6 is 0 Å². The van der Waals surface area contributed by atoms with Crippen molar-refractivity contribution in [1.82, 2.24) is 5.32 Å². The van der Waals surface area contributed by atoms with E-state index in [0.717, 1.165) is 12.1 Å². The lowest BCUT2D eigenvalue weighted by atomic mass is 10.1. The molecule has 5 nitrogen and oxygen atoms in total. The van der Waals surface area contributed by atoms with Crippen LogP contribution in [0.4, 0.5) is 0 Å². The molecule has 0 aromatic heterocycles. The normalized spacial score (nSPS) is 12.0. The number of carbonyl (C=O) groups is 1. The molecule has 5 heteroatoms. The van der Waals surface area contributed by atoms with Crippen molar-refractivity contribution >= 4 is 5.97 Å². The summed E-state index contributed by atoms with van der Waals surface area (Å²) in [6.45, 7) is 3.30. The molecule has 1 rings (SSSR count). The van der Waals surface area contributed by atoms with Crippen molar-refractivity contribution in [2.75, 3.05) is 20.8 Å². The molecule has 0 bridgehead atoms. The largest absolute Gasteiger partial charge is 0.496 e. The van der Waals surface area contributed by atoms with Gasteiger partial charge in [-0.2, -0.15) is 0 Å². The van der Waals surface area contributed by atoms with Crippen molar-refractivity contribution in [2.24, 2.45) is 5.73 Å². The number of benzene rings is 1. The van der Waals surface area contributed by atoms with Gasteiger partial charge < -0.3 is 20.5 Å². The summed E-state index contributed by atoms with van der Waals surface area (Å²) in [7, 11) is 2.93. The van der Waals surface area contributed by atoms with Crippen LogP contribution in [0.15, 0.2) is 18.2 Å². The van der Waals surface area contributed by atoms with Crippen LogP contribution in [0.1, 0.15) is 22.8 Å². The number of esters is 1. The molecular weight excluding hydrogens is 232 g/mol. The fourth-order valence-electron chi connectivity index (χ4n) is 1.57. The Balaban J connectivity index is 2.77. The van der Waals surface area contributed by atoms with Gasteiger partial charge in [0.05, 0.1) is 19.8 Å². The van der Waals surface area contributed by atoms with Crippen LogP contribution in [0.3, 0.4) is 0 Å². The highest BCUT2D eigenvalue weighted by atomic mass is 16.5. The molecule has 1 aromatic rings. The van der Waals surface area contributed by atoms with Gasteiger partial charge in [0.2, 0.25) is 0 Å². The first-order valence-electron chi connectivity index (χ1n) is 5.80. The van der Waals surface area contributed by atoms with E-state index >= 15 is 0 Å². The molecule has 0 spiro atoms. The van der Waals surface area contributed by atoms with Crippen molar-refractivity contribution in [2.45, 2.75) is 19.5 Å². The average molecular weight is 252 g/mol. The van der Waals surface area contributed by atoms with E-state index in [0.29, 0.717) is 17.9 Å². The van der Waals surface area contributed by atoms with Gasteiger partial charge in [0, 0.05) is 24.7 Å². The second-order valence-electron chi connectivity index (χ2n) is 4.13. The highest BCUT2D eigenvalue weighted by Gasteiger charge is 2.10. The van der Waals surface area contributed by atoms with Gasteiger partial charge in [0.25, 0.3) is 0 Å². The average Bonchev–Trinajstić information content (AvgIpc) is 2.37. The number of ether oxygens (including phenoxy) is 2. The summed E-state index contributed by atoms with van der Waals surface area (Å²) in [5.41, 5.74) is 7.11. The lowest BCUT2D eigenvalue weighted by molar-refractivity contribution is 0.0600. The first kappa shape index (κ1) is 14.5. The monoisotopic (exact) mass is 252 g/mol. The Hall–Kier alpha value is -1.59. The van der Waals surface area contributed by atoms with Gasteiger partial charge in [0.15, 0.2) is 0 Å². The molecule has 0 fully saturated rings. The molecule has 0 heterocycles. The number of nitrogens with one attached hydrogen (secondary N) is 1. The topological polar surface area (TPSA) is 73.6 Å². The first-order chi connectivity index (χ1) is 8.58. The lowest BCUT2D eigenvalue weighted by Gasteiger charge is -2.12. The van der Waals surface area contributed by atoms with E-state index in [2.05, 4.69) is 10.1 Å². The molecule has 18 heavy (non-hydrogen) atoms. The van der Waals surface area contributed by atoms with Crippen LogP contribution in [0.5, 0.6) is 5.75 Å². The minimum absolute atomic E-state index is 0.102. The molecule has 0 aliphatic carbocycles. The summed E-state index contributed by atoms with van der Waals surface area (Å²) >= 11 is 0. The summed E-state index contributed by atoms with van der Waals surface area (Å²) in [4.78, 5) is 11.4. The fraction of sp³-hybridized carbons (Fsp3) is 0.462. The van der Waals surface area contributed by atoms with Crippen LogP contribution in [-0.2, 0) is 11.3 Å². The summed E-state index contributed by atoms with van der Waals surface area (Å²) in [6.07, 6.45) is 0. The maximum atomic E-state index is 11.4. The lowest BCUT2D eigenvalue weighted by Crippen LogP contribution is -2.30. The maximum Gasteiger partial charge on any atom is 0.337 e. The van der Waals surface area contributed by atoms with Crippen LogP contribution < -0.4 is 15.8 Å². The molecule has 0 aliphatic rings. The Morgan fingerprint density at radius 1 is 1.44 bits per heavy atom. The first-order valence-corrected chi connectivity index (χ1v) is 5.80. The predicted molar refractivity (Wildman–Crippen MR) is 69.7 cm³/mol. The Labute approximate surface area is 107 Å². The smallest absolute Gasteiger partial charge is 0.337 e. The third kappa shape index (κ3) is 4.01. The molecule has 1 atom stereocenters. The summed E-state index contributed by atoms with van der Waals surface area (Å²) in [5.74, 6) is 0.290. The summed E-state index contributed by atoms with van der Waals surface area (Å²) in [6, 6.07) is 5.34. The predicted octanol–water partition coefficient (Wildman–Crippen LogP) is 0.919. The molecule has 0 amide bonds. The Kier molecular flexibility index (Phi) is 5.61. The van der Waals surface area contributed by atoms with Gasteiger partial charge in [-0.05, 0) is 19.1 Å². The van der Waals surface area contributed by atoms with E-state index in [-0.39, 0.29) is 12.0 Å². The Morgan fingerprint density at radius 2 is 2.17 bits per heavy atom. The molecule has 3 N–H and O–H groups in total. The van der Waals surface area contributed by atoms with Gasteiger partial charge in [-0.1, -0.05) is 6.07 Å². The number of hydrogen-bond acceptors (Lipinski definition) is 5. The number of hydrogen-bond donors (Lipinski definition) is 2. The molecule has 0 radical (unpaired) electrons. The van der Waals surface area contributed by atoms with Crippen LogP contribution in [-0.4, -0.2) is 32.8 Å². The SMILES string of the molecule is COC(=O)c1ccc(CNCC(C)N)c(OC)c1. The third-order valence-electron chi connectivity index (χ3n) is 2.49. The van der Waals surface area contributed by atoms with Gasteiger partial charge in [0.1, 0.15) is 5.75 Å². The summed E-state index contributed by atoms with van der Waals surface area (Å²) < 4.78 is 9.92. The van der Waals surface area contributed by atoms with E-state index < -0.39 is 0 Å². The minimum Gasteiger partial charge on any atom is -0.496 e. The van der Waals surface area contributed by atoms with Crippen molar-refractivity contribution < 1.29 is 14.3 Å². The van der Waals surface area contributed by atoms with Crippen LogP contribution in [0.25, 0.3) is 0 Å². The van der Waals surface area contributed by atoms with Crippen LogP contribution in [0, 0.1) is 0 Å². The number of methoxy groups -OCH3 is 2. The fourth-order valence-corrected chi connectivity index (χ4v) is 1.57. The molecule has 1 aromatic carbocycles. The third-order valence-corrected chi connectivity index (χ3v) is 2.49. The van der Waals surface area contributed by atoms with Gasteiger partial charge in [-0.25, -0.2) is 4.79 Å². The van der Waals surface area contributed by atoms with Crippen molar-refractivity contribution in [3.05, 3.63) is 29.3 Å². The zero-order valence-corrected chi connectivity index (χ0v) is 11.0. The van der Waals surface area contributed by atoms with Gasteiger partial charge in [-0.15, -0.1) is 0 Å². The number of rotatable bonds is 6. The highest BCUT2D eigenvalue weighted by molar-refractivity contribution is 5.89. The quantitative estimate of drug-likeness (QED) is 0.736. The van der Waals surface area contributed by atoms with Crippen LogP contribution in [0.2, 0.25) is 0 Å². The zero-order chi connectivity index (χ0) is 13.5. The van der Waals surface area contributed by atoms with Gasteiger partial charge >= 0.3 is 5.97 Å². The number of carbonyl (C=O) groups excluding carboxylic acids is 1. The summed E-state index contributed by atoms with van der Waals surface area (Å²) in [5, 5.41) is 3.22. The molecule has 1 unspecified atom stereocenters.